The van der Waals surface area contributed by atoms with Crippen LogP contribution in [-0.4, -0.2) is 41.6 Å². The number of carbonyl (C=O) groups excluding carboxylic acids is 3. The first kappa shape index (κ1) is 32.3. The molecule has 1 fully saturated rings. The number of fused-ring (bicyclic) bond motifs is 5. The van der Waals surface area contributed by atoms with Crippen molar-refractivity contribution in [1.29, 1.82) is 0 Å². The highest BCUT2D eigenvalue weighted by atomic mass is 16.6. The minimum Gasteiger partial charge on any atom is -0.497 e. The number of benzene rings is 2. The summed E-state index contributed by atoms with van der Waals surface area (Å²) in [7, 11) is 1.63. The van der Waals surface area contributed by atoms with Crippen molar-refractivity contribution in [2.45, 2.75) is 91.7 Å². The van der Waals surface area contributed by atoms with Gasteiger partial charge in [-0.2, -0.15) is 0 Å². The second-order valence-corrected chi connectivity index (χ2v) is 13.4. The van der Waals surface area contributed by atoms with Crippen LogP contribution in [-0.2, 0) is 25.6 Å². The van der Waals surface area contributed by atoms with Crippen molar-refractivity contribution >= 4 is 34.7 Å². The molecule has 0 unspecified atom stereocenters. The van der Waals surface area contributed by atoms with Gasteiger partial charge in [-0.1, -0.05) is 45.3 Å². The van der Waals surface area contributed by atoms with E-state index in [1.54, 1.807) is 20.1 Å². The lowest BCUT2D eigenvalue weighted by molar-refractivity contribution is -0.139. The van der Waals surface area contributed by atoms with Crippen LogP contribution in [0.5, 0.6) is 5.75 Å². The molecule has 0 bridgehead atoms. The zero-order valence-corrected chi connectivity index (χ0v) is 27.6. The Hall–Kier alpha value is -4.13. The van der Waals surface area contributed by atoms with Crippen LogP contribution in [0.1, 0.15) is 101 Å². The SMILES string of the molecule is CCOC(=O)C(=CC(C)C)C(=O)C1=Cc2cc(OC)ccc2-c2c(C3CCCCC3)c3ccc(C(=O)OC(C)(C)C)cc3n2C1. The summed E-state index contributed by atoms with van der Waals surface area (Å²) in [4.78, 5) is 40.6. The minimum absolute atomic E-state index is 0.0319. The molecule has 0 radical (unpaired) electrons. The van der Waals surface area contributed by atoms with Crippen LogP contribution >= 0.6 is 0 Å². The first-order chi connectivity index (χ1) is 21.4. The van der Waals surface area contributed by atoms with E-state index in [4.69, 9.17) is 14.2 Å². The van der Waals surface area contributed by atoms with Gasteiger partial charge >= 0.3 is 11.9 Å². The summed E-state index contributed by atoms with van der Waals surface area (Å²) in [5.41, 5.74) is 5.29. The van der Waals surface area contributed by atoms with Crippen molar-refractivity contribution in [3.05, 3.63) is 70.3 Å². The summed E-state index contributed by atoms with van der Waals surface area (Å²) in [6.45, 7) is 11.6. The van der Waals surface area contributed by atoms with Crippen LogP contribution in [0.25, 0.3) is 28.2 Å². The van der Waals surface area contributed by atoms with Gasteiger partial charge in [-0.3, -0.25) is 4.79 Å². The first-order valence-corrected chi connectivity index (χ1v) is 16.1. The summed E-state index contributed by atoms with van der Waals surface area (Å²) < 4.78 is 18.8. The van der Waals surface area contributed by atoms with Gasteiger partial charge in [0.25, 0.3) is 0 Å². The summed E-state index contributed by atoms with van der Waals surface area (Å²) in [6, 6.07) is 11.7. The molecule has 1 saturated carbocycles. The average molecular weight is 612 g/mol. The highest BCUT2D eigenvalue weighted by Crippen LogP contribution is 2.47. The Morgan fingerprint density at radius 2 is 1.76 bits per heavy atom. The first-order valence-electron chi connectivity index (χ1n) is 16.1. The smallest absolute Gasteiger partial charge is 0.341 e. The van der Waals surface area contributed by atoms with E-state index in [9.17, 15) is 14.4 Å². The third-order valence-electron chi connectivity index (χ3n) is 8.46. The molecule has 0 amide bonds. The fourth-order valence-corrected chi connectivity index (χ4v) is 6.59. The number of Topliss-reactive ketones (excluding diaryl/α,β-unsaturated/α-hetero) is 1. The van der Waals surface area contributed by atoms with Crippen molar-refractivity contribution in [2.75, 3.05) is 13.7 Å². The summed E-state index contributed by atoms with van der Waals surface area (Å²) in [6.07, 6.45) is 9.26. The van der Waals surface area contributed by atoms with Gasteiger partial charge in [-0.15, -0.1) is 0 Å². The Morgan fingerprint density at radius 1 is 1.02 bits per heavy atom. The van der Waals surface area contributed by atoms with Crippen molar-refractivity contribution < 1.29 is 28.6 Å². The maximum absolute atomic E-state index is 14.3. The van der Waals surface area contributed by atoms with Gasteiger partial charge in [0, 0.05) is 22.0 Å². The van der Waals surface area contributed by atoms with Crippen molar-refractivity contribution in [2.24, 2.45) is 5.92 Å². The number of ketones is 1. The molecule has 7 nitrogen and oxygen atoms in total. The molecule has 2 aliphatic rings. The number of methoxy groups -OCH3 is 1. The van der Waals surface area contributed by atoms with E-state index in [1.807, 2.05) is 71.0 Å². The van der Waals surface area contributed by atoms with Crippen molar-refractivity contribution in [1.82, 2.24) is 4.57 Å². The van der Waals surface area contributed by atoms with E-state index in [1.165, 1.54) is 12.0 Å². The summed E-state index contributed by atoms with van der Waals surface area (Å²) in [5, 5.41) is 1.07. The molecule has 2 heterocycles. The Morgan fingerprint density at radius 3 is 2.40 bits per heavy atom. The molecule has 0 saturated heterocycles. The van der Waals surface area contributed by atoms with Gasteiger partial charge in [0.15, 0.2) is 5.78 Å². The zero-order valence-electron chi connectivity index (χ0n) is 27.6. The molecule has 1 aliphatic heterocycles. The monoisotopic (exact) mass is 611 g/mol. The molecule has 7 heteroatoms. The van der Waals surface area contributed by atoms with Gasteiger partial charge in [-0.25, -0.2) is 9.59 Å². The molecule has 2 aromatic carbocycles. The zero-order chi connectivity index (χ0) is 32.5. The van der Waals surface area contributed by atoms with Crippen LogP contribution in [0.3, 0.4) is 0 Å². The molecule has 238 valence electrons. The van der Waals surface area contributed by atoms with E-state index in [0.717, 1.165) is 53.4 Å². The topological polar surface area (TPSA) is 83.8 Å². The van der Waals surface area contributed by atoms with Gasteiger partial charge < -0.3 is 18.8 Å². The Bertz CT molecular complexity index is 1690. The number of ether oxygens (including phenoxy) is 3. The lowest BCUT2D eigenvalue weighted by atomic mass is 9.81. The van der Waals surface area contributed by atoms with Gasteiger partial charge in [0.1, 0.15) is 16.9 Å². The van der Waals surface area contributed by atoms with Crippen LogP contribution in [0.2, 0.25) is 0 Å². The number of allylic oxidation sites excluding steroid dienone is 2. The second kappa shape index (κ2) is 13.1. The van der Waals surface area contributed by atoms with E-state index in [-0.39, 0.29) is 30.4 Å². The van der Waals surface area contributed by atoms with E-state index in [0.29, 0.717) is 22.8 Å². The highest BCUT2D eigenvalue weighted by molar-refractivity contribution is 6.25. The summed E-state index contributed by atoms with van der Waals surface area (Å²) >= 11 is 0. The molecule has 0 N–H and O–H groups in total. The molecule has 1 aromatic heterocycles. The van der Waals surface area contributed by atoms with Crippen LogP contribution < -0.4 is 4.74 Å². The largest absolute Gasteiger partial charge is 0.497 e. The van der Waals surface area contributed by atoms with Gasteiger partial charge in [0.2, 0.25) is 0 Å². The lowest BCUT2D eigenvalue weighted by Gasteiger charge is -2.24. The molecular weight excluding hydrogens is 566 g/mol. The number of aromatic nitrogens is 1. The minimum atomic E-state index is -0.637. The molecule has 3 aromatic rings. The molecule has 5 rings (SSSR count). The second-order valence-electron chi connectivity index (χ2n) is 13.4. The van der Waals surface area contributed by atoms with Crippen LogP contribution in [0.15, 0.2) is 53.6 Å². The number of nitrogens with zero attached hydrogens (tertiary/aromatic N) is 1. The third-order valence-corrected chi connectivity index (χ3v) is 8.46. The Balaban J connectivity index is 1.78. The molecule has 0 atom stereocenters. The van der Waals surface area contributed by atoms with Gasteiger partial charge in [-0.05, 0) is 99.9 Å². The van der Waals surface area contributed by atoms with Crippen LogP contribution in [0.4, 0.5) is 0 Å². The number of hydrogen-bond donors (Lipinski definition) is 0. The quantitative estimate of drug-likeness (QED) is 0.110. The van der Waals surface area contributed by atoms with Gasteiger partial charge in [0.05, 0.1) is 31.5 Å². The Kier molecular flexibility index (Phi) is 9.38. The van der Waals surface area contributed by atoms with E-state index >= 15 is 0 Å². The summed E-state index contributed by atoms with van der Waals surface area (Å²) in [5.74, 6) is -0.407. The third kappa shape index (κ3) is 6.77. The number of esters is 2. The fraction of sp³-hybridized carbons (Fsp3) is 0.447. The standard InChI is InChI=1S/C38H45NO6/c1-8-44-37(42)31(18-23(2)3)35(40)27-19-26-20-28(43-7)15-17-29(26)34-33(24-12-10-9-11-13-24)30-16-14-25(21-32(30)39(34)22-27)36(41)45-38(4,5)6/h14-21,23-24H,8-13,22H2,1-7H3. The van der Waals surface area contributed by atoms with Crippen LogP contribution in [0, 0.1) is 5.92 Å². The number of carbonyl (C=O) groups is 3. The predicted molar refractivity (Wildman–Crippen MR) is 177 cm³/mol. The van der Waals surface area contributed by atoms with E-state index < -0.39 is 17.5 Å². The average Bonchev–Trinajstić information content (AvgIpc) is 3.21. The molecular formula is C38H45NO6. The normalized spacial score (nSPS) is 15.6. The van der Waals surface area contributed by atoms with Crippen molar-refractivity contribution in [3.63, 3.8) is 0 Å². The molecule has 0 spiro atoms. The highest BCUT2D eigenvalue weighted by Gasteiger charge is 2.32. The van der Waals surface area contributed by atoms with E-state index in [2.05, 4.69) is 10.6 Å². The number of rotatable bonds is 8. The predicted octanol–water partition coefficient (Wildman–Crippen LogP) is 8.43. The number of hydrogen-bond acceptors (Lipinski definition) is 6. The fourth-order valence-electron chi connectivity index (χ4n) is 6.59. The Labute approximate surface area is 266 Å². The molecule has 45 heavy (non-hydrogen) atoms. The molecule has 1 aliphatic carbocycles. The van der Waals surface area contributed by atoms with Crippen molar-refractivity contribution in [3.8, 4) is 17.0 Å². The maximum atomic E-state index is 14.3. The maximum Gasteiger partial charge on any atom is 0.341 e. The lowest BCUT2D eigenvalue weighted by Crippen LogP contribution is -2.23.